The summed E-state index contributed by atoms with van der Waals surface area (Å²) in [5.74, 6) is 0.424. The van der Waals surface area contributed by atoms with Gasteiger partial charge < -0.3 is 5.73 Å². The van der Waals surface area contributed by atoms with Gasteiger partial charge in [-0.3, -0.25) is 4.90 Å². The molecule has 19 heavy (non-hydrogen) atoms. The second kappa shape index (κ2) is 6.21. The Morgan fingerprint density at radius 2 is 1.84 bits per heavy atom. The molecule has 0 aromatic heterocycles. The smallest absolute Gasteiger partial charge is 0.123 e. The first-order chi connectivity index (χ1) is 8.74. The second-order valence-electron chi connectivity index (χ2n) is 5.70. The lowest BCUT2D eigenvalue weighted by Crippen LogP contribution is -2.37. The van der Waals surface area contributed by atoms with Gasteiger partial charge in [-0.05, 0) is 42.9 Å². The van der Waals surface area contributed by atoms with E-state index in [9.17, 15) is 4.39 Å². The zero-order chi connectivity index (χ0) is 12.5. The van der Waals surface area contributed by atoms with Gasteiger partial charge in [0.1, 0.15) is 5.82 Å². The van der Waals surface area contributed by atoms with Gasteiger partial charge in [-0.2, -0.15) is 0 Å². The second-order valence-corrected chi connectivity index (χ2v) is 5.70. The van der Waals surface area contributed by atoms with Gasteiger partial charge >= 0.3 is 0 Å². The minimum absolute atomic E-state index is 0. The van der Waals surface area contributed by atoms with Crippen LogP contribution in [0.4, 0.5) is 4.39 Å². The Bertz CT molecular complexity index is 409. The third-order valence-corrected chi connectivity index (χ3v) is 4.50. The summed E-state index contributed by atoms with van der Waals surface area (Å²) in [5, 5.41) is 0. The van der Waals surface area contributed by atoms with Crippen LogP contribution in [0, 0.1) is 5.82 Å². The summed E-state index contributed by atoms with van der Waals surface area (Å²) in [6.07, 6.45) is 4.88. The third-order valence-electron chi connectivity index (χ3n) is 4.50. The summed E-state index contributed by atoms with van der Waals surface area (Å²) in [6, 6.07) is 8.03. The Labute approximate surface area is 120 Å². The predicted molar refractivity (Wildman–Crippen MR) is 78.2 cm³/mol. The fraction of sp³-hybridized carbons (Fsp3) is 0.600. The molecule has 1 aliphatic carbocycles. The van der Waals surface area contributed by atoms with E-state index in [1.807, 2.05) is 12.1 Å². The Hall–Kier alpha value is -0.640. The lowest BCUT2D eigenvalue weighted by molar-refractivity contribution is 0.225. The largest absolute Gasteiger partial charge is 0.326 e. The van der Waals surface area contributed by atoms with Crippen molar-refractivity contribution < 1.29 is 4.39 Å². The maximum Gasteiger partial charge on any atom is 0.123 e. The summed E-state index contributed by atoms with van der Waals surface area (Å²) in [7, 11) is 0. The summed E-state index contributed by atoms with van der Waals surface area (Å²) in [6.45, 7) is 2.16. The first-order valence-corrected chi connectivity index (χ1v) is 6.99. The van der Waals surface area contributed by atoms with Crippen LogP contribution in [0.25, 0.3) is 0 Å². The number of rotatable bonds is 2. The lowest BCUT2D eigenvalue weighted by Gasteiger charge is -2.29. The van der Waals surface area contributed by atoms with Crippen LogP contribution in [0.15, 0.2) is 24.3 Å². The number of nitrogens with two attached hydrogens (primary N) is 1. The minimum Gasteiger partial charge on any atom is -0.326 e. The third kappa shape index (κ3) is 3.10. The first-order valence-electron chi connectivity index (χ1n) is 6.99. The average Bonchev–Trinajstić information content (AvgIpc) is 2.98. The van der Waals surface area contributed by atoms with Crippen LogP contribution in [0.5, 0.6) is 0 Å². The molecule has 1 heterocycles. The van der Waals surface area contributed by atoms with E-state index in [-0.39, 0.29) is 18.2 Å². The molecule has 1 aromatic rings. The molecule has 2 N–H and O–H groups in total. The number of benzene rings is 1. The summed E-state index contributed by atoms with van der Waals surface area (Å²) >= 11 is 0. The molecule has 0 spiro atoms. The molecule has 2 nitrogen and oxygen atoms in total. The van der Waals surface area contributed by atoms with E-state index in [4.69, 9.17) is 5.73 Å². The van der Waals surface area contributed by atoms with E-state index >= 15 is 0 Å². The normalized spacial score (nSPS) is 31.4. The van der Waals surface area contributed by atoms with Crippen molar-refractivity contribution in [3.8, 4) is 0 Å². The van der Waals surface area contributed by atoms with Crippen molar-refractivity contribution in [3.63, 3.8) is 0 Å². The summed E-state index contributed by atoms with van der Waals surface area (Å²) in [4.78, 5) is 2.55. The van der Waals surface area contributed by atoms with Crippen LogP contribution in [0.1, 0.15) is 37.2 Å². The van der Waals surface area contributed by atoms with E-state index in [1.54, 1.807) is 12.1 Å². The number of halogens is 2. The van der Waals surface area contributed by atoms with Crippen LogP contribution in [0.3, 0.4) is 0 Å². The zero-order valence-corrected chi connectivity index (χ0v) is 11.9. The lowest BCUT2D eigenvalue weighted by atomic mass is 9.93. The highest BCUT2D eigenvalue weighted by Crippen LogP contribution is 2.38. The van der Waals surface area contributed by atoms with Gasteiger partial charge in [0.15, 0.2) is 0 Å². The number of hydrogen-bond acceptors (Lipinski definition) is 2. The number of hydrogen-bond donors (Lipinski definition) is 1. The van der Waals surface area contributed by atoms with Gasteiger partial charge in [-0.15, -0.1) is 12.4 Å². The van der Waals surface area contributed by atoms with Gasteiger partial charge in [0.05, 0.1) is 0 Å². The van der Waals surface area contributed by atoms with E-state index in [0.29, 0.717) is 18.0 Å². The molecule has 0 bridgehead atoms. The molecule has 1 saturated carbocycles. The summed E-state index contributed by atoms with van der Waals surface area (Å²) < 4.78 is 13.0. The van der Waals surface area contributed by atoms with Crippen LogP contribution in [0.2, 0.25) is 0 Å². The van der Waals surface area contributed by atoms with Gasteiger partial charge in [-0.25, -0.2) is 4.39 Å². The monoisotopic (exact) mass is 284 g/mol. The van der Waals surface area contributed by atoms with Crippen LogP contribution in [-0.4, -0.2) is 30.1 Å². The SMILES string of the molecule is Cl.N[C@@H]1CCN(C2CCCC2c2ccc(F)cc2)C1. The van der Waals surface area contributed by atoms with Gasteiger partial charge in [-0.1, -0.05) is 18.6 Å². The molecule has 1 aliphatic heterocycles. The highest BCUT2D eigenvalue weighted by molar-refractivity contribution is 5.85. The Morgan fingerprint density at radius 1 is 1.11 bits per heavy atom. The predicted octanol–water partition coefficient (Wildman–Crippen LogP) is 2.92. The van der Waals surface area contributed by atoms with Crippen molar-refractivity contribution in [2.75, 3.05) is 13.1 Å². The zero-order valence-electron chi connectivity index (χ0n) is 11.1. The molecule has 106 valence electrons. The number of nitrogens with zero attached hydrogens (tertiary/aromatic N) is 1. The molecule has 3 atom stereocenters. The number of likely N-dealkylation sites (tertiary alicyclic amines) is 1. The van der Waals surface area contributed by atoms with Crippen molar-refractivity contribution in [2.24, 2.45) is 5.73 Å². The molecule has 2 unspecified atom stereocenters. The molecule has 2 fully saturated rings. The van der Waals surface area contributed by atoms with Crippen LogP contribution < -0.4 is 5.73 Å². The quantitative estimate of drug-likeness (QED) is 0.905. The maximum atomic E-state index is 13.0. The molecule has 4 heteroatoms. The molecular formula is C15H22ClFN2. The van der Waals surface area contributed by atoms with Gasteiger partial charge in [0.25, 0.3) is 0 Å². The topological polar surface area (TPSA) is 29.3 Å². The molecule has 0 amide bonds. The van der Waals surface area contributed by atoms with Gasteiger partial charge in [0, 0.05) is 25.2 Å². The van der Waals surface area contributed by atoms with Crippen molar-refractivity contribution in [2.45, 2.75) is 43.7 Å². The van der Waals surface area contributed by atoms with E-state index in [2.05, 4.69) is 4.90 Å². The standard InChI is InChI=1S/C15H21FN2.ClH/c16-12-6-4-11(5-7-12)14-2-1-3-15(14)18-9-8-13(17)10-18;/h4-7,13-15H,1-3,8-10,17H2;1H/t13-,14?,15?;/m1./s1. The first kappa shape index (κ1) is 14.8. The molecule has 1 saturated heterocycles. The Kier molecular flexibility index (Phi) is 4.82. The van der Waals surface area contributed by atoms with E-state index in [0.717, 1.165) is 19.5 Å². The fourth-order valence-corrected chi connectivity index (χ4v) is 3.59. The van der Waals surface area contributed by atoms with Crippen LogP contribution >= 0.6 is 12.4 Å². The van der Waals surface area contributed by atoms with Crippen molar-refractivity contribution in [1.29, 1.82) is 0 Å². The minimum atomic E-state index is -0.142. The van der Waals surface area contributed by atoms with Crippen molar-refractivity contribution >= 4 is 12.4 Å². The maximum absolute atomic E-state index is 13.0. The molecule has 0 radical (unpaired) electrons. The molecule has 1 aromatic carbocycles. The Morgan fingerprint density at radius 3 is 2.47 bits per heavy atom. The van der Waals surface area contributed by atoms with Crippen LogP contribution in [-0.2, 0) is 0 Å². The molecule has 2 aliphatic rings. The van der Waals surface area contributed by atoms with Crippen molar-refractivity contribution in [3.05, 3.63) is 35.6 Å². The van der Waals surface area contributed by atoms with Gasteiger partial charge in [0.2, 0.25) is 0 Å². The van der Waals surface area contributed by atoms with E-state index in [1.165, 1.54) is 24.8 Å². The summed E-state index contributed by atoms with van der Waals surface area (Å²) in [5.41, 5.74) is 7.30. The highest BCUT2D eigenvalue weighted by atomic mass is 35.5. The average molecular weight is 285 g/mol. The van der Waals surface area contributed by atoms with Crippen molar-refractivity contribution in [1.82, 2.24) is 4.90 Å². The fourth-order valence-electron chi connectivity index (χ4n) is 3.59. The Balaban J connectivity index is 0.00000133. The highest BCUT2D eigenvalue weighted by Gasteiger charge is 2.35. The molecular weight excluding hydrogens is 263 g/mol. The van der Waals surface area contributed by atoms with E-state index < -0.39 is 0 Å². The molecule has 3 rings (SSSR count).